The Kier molecular flexibility index (Phi) is 8.64. The second kappa shape index (κ2) is 11.3. The fourth-order valence-electron chi connectivity index (χ4n) is 4.36. The van der Waals surface area contributed by atoms with Crippen LogP contribution in [-0.2, 0) is 11.2 Å². The molecule has 2 atom stereocenters. The highest BCUT2D eigenvalue weighted by Crippen LogP contribution is 2.31. The second-order valence-corrected chi connectivity index (χ2v) is 10.1. The number of aliphatic hydroxyl groups is 1. The molecule has 0 saturated carbocycles. The fourth-order valence-corrected chi connectivity index (χ4v) is 4.36. The van der Waals surface area contributed by atoms with Crippen LogP contribution in [0, 0.1) is 26.6 Å². The van der Waals surface area contributed by atoms with E-state index in [-0.39, 0.29) is 24.1 Å². The first-order chi connectivity index (χ1) is 16.0. The SMILES string of the molecule is Cc1cc(C)cc(-c2ccccc2C(C)OC[C@H](O)CNC(C)(C)Cc2ccc(C)c(F)c2)c1. The van der Waals surface area contributed by atoms with E-state index in [9.17, 15) is 9.50 Å². The van der Waals surface area contributed by atoms with Gasteiger partial charge in [-0.05, 0) is 81.8 Å². The van der Waals surface area contributed by atoms with Gasteiger partial charge >= 0.3 is 0 Å². The molecule has 0 spiro atoms. The van der Waals surface area contributed by atoms with Gasteiger partial charge in [0.1, 0.15) is 5.82 Å². The molecule has 0 radical (unpaired) electrons. The Bertz CT molecular complexity index is 1090. The molecule has 3 rings (SSSR count). The molecule has 3 aromatic rings. The summed E-state index contributed by atoms with van der Waals surface area (Å²) in [5.74, 6) is -0.183. The molecule has 0 amide bonds. The lowest BCUT2D eigenvalue weighted by atomic mass is 9.94. The number of ether oxygens (including phenoxy) is 1. The maximum absolute atomic E-state index is 13.9. The minimum absolute atomic E-state index is 0.157. The molecule has 0 aromatic heterocycles. The van der Waals surface area contributed by atoms with Gasteiger partial charge in [-0.15, -0.1) is 0 Å². The van der Waals surface area contributed by atoms with Gasteiger partial charge in [-0.25, -0.2) is 4.39 Å². The predicted octanol–water partition coefficient (Wildman–Crippen LogP) is 6.47. The van der Waals surface area contributed by atoms with Crippen LogP contribution in [0.15, 0.2) is 60.7 Å². The van der Waals surface area contributed by atoms with Crippen LogP contribution in [0.3, 0.4) is 0 Å². The Balaban J connectivity index is 1.57. The number of aliphatic hydroxyl groups excluding tert-OH is 1. The van der Waals surface area contributed by atoms with Crippen LogP contribution in [0.5, 0.6) is 0 Å². The molecule has 4 heteroatoms. The van der Waals surface area contributed by atoms with Crippen LogP contribution in [-0.4, -0.2) is 29.9 Å². The minimum Gasteiger partial charge on any atom is -0.389 e. The van der Waals surface area contributed by atoms with Crippen molar-refractivity contribution < 1.29 is 14.2 Å². The molecule has 2 N–H and O–H groups in total. The number of nitrogens with one attached hydrogen (secondary N) is 1. The molecule has 182 valence electrons. The molecule has 0 aliphatic heterocycles. The normalized spacial score (nSPS) is 13.6. The van der Waals surface area contributed by atoms with Gasteiger partial charge in [0, 0.05) is 12.1 Å². The van der Waals surface area contributed by atoms with E-state index >= 15 is 0 Å². The van der Waals surface area contributed by atoms with E-state index in [1.165, 1.54) is 16.7 Å². The van der Waals surface area contributed by atoms with Crippen molar-refractivity contribution >= 4 is 0 Å². The Morgan fingerprint density at radius 3 is 2.32 bits per heavy atom. The van der Waals surface area contributed by atoms with E-state index in [1.807, 2.05) is 25.1 Å². The van der Waals surface area contributed by atoms with Crippen molar-refractivity contribution in [3.8, 4) is 11.1 Å². The first kappa shape index (κ1) is 26.1. The standard InChI is InChI=1S/C30H38FNO2/c1-20-13-21(2)15-25(14-20)28-10-8-7-9-27(28)23(4)34-19-26(33)18-32-30(5,6)17-24-12-11-22(3)29(31)16-24/h7-16,23,26,32-33H,17-19H2,1-6H3/t23?,26-/m1/s1. The van der Waals surface area contributed by atoms with Gasteiger partial charge in [-0.3, -0.25) is 0 Å². The van der Waals surface area contributed by atoms with Crippen molar-refractivity contribution in [1.82, 2.24) is 5.32 Å². The molecular formula is C30H38FNO2. The van der Waals surface area contributed by atoms with Crippen molar-refractivity contribution in [1.29, 1.82) is 0 Å². The highest BCUT2D eigenvalue weighted by Gasteiger charge is 2.21. The van der Waals surface area contributed by atoms with Crippen molar-refractivity contribution in [2.75, 3.05) is 13.2 Å². The smallest absolute Gasteiger partial charge is 0.126 e. The molecule has 1 unspecified atom stereocenters. The minimum atomic E-state index is -0.648. The third-order valence-electron chi connectivity index (χ3n) is 6.17. The number of rotatable bonds is 10. The number of benzene rings is 3. The largest absolute Gasteiger partial charge is 0.389 e. The van der Waals surface area contributed by atoms with Crippen molar-refractivity contribution in [3.05, 3.63) is 94.3 Å². The van der Waals surface area contributed by atoms with Crippen LogP contribution >= 0.6 is 0 Å². The molecule has 3 aromatic carbocycles. The zero-order chi connectivity index (χ0) is 24.9. The Morgan fingerprint density at radius 2 is 1.65 bits per heavy atom. The molecule has 0 heterocycles. The van der Waals surface area contributed by atoms with Crippen LogP contribution in [0.25, 0.3) is 11.1 Å². The molecule has 3 nitrogen and oxygen atoms in total. The van der Waals surface area contributed by atoms with E-state index in [2.05, 4.69) is 63.3 Å². The highest BCUT2D eigenvalue weighted by molar-refractivity contribution is 5.69. The number of hydrogen-bond acceptors (Lipinski definition) is 3. The van der Waals surface area contributed by atoms with Gasteiger partial charge in [0.05, 0.1) is 18.8 Å². The first-order valence-corrected chi connectivity index (χ1v) is 12.0. The average molecular weight is 464 g/mol. The summed E-state index contributed by atoms with van der Waals surface area (Å²) in [5, 5.41) is 14.0. The topological polar surface area (TPSA) is 41.5 Å². The second-order valence-electron chi connectivity index (χ2n) is 10.1. The average Bonchev–Trinajstić information content (AvgIpc) is 2.78. The van der Waals surface area contributed by atoms with Gasteiger partial charge in [0.15, 0.2) is 0 Å². The predicted molar refractivity (Wildman–Crippen MR) is 139 cm³/mol. The van der Waals surface area contributed by atoms with Gasteiger partial charge in [-0.2, -0.15) is 0 Å². The quantitative estimate of drug-likeness (QED) is 0.362. The Morgan fingerprint density at radius 1 is 0.971 bits per heavy atom. The van der Waals surface area contributed by atoms with E-state index in [4.69, 9.17) is 4.74 Å². The maximum Gasteiger partial charge on any atom is 0.126 e. The Labute approximate surface area is 204 Å². The molecule has 0 saturated heterocycles. The van der Waals surface area contributed by atoms with Crippen LogP contribution < -0.4 is 5.32 Å². The van der Waals surface area contributed by atoms with E-state index in [1.54, 1.807) is 19.1 Å². The summed E-state index contributed by atoms with van der Waals surface area (Å²) in [4.78, 5) is 0. The number of halogens is 1. The maximum atomic E-state index is 13.9. The summed E-state index contributed by atoms with van der Waals surface area (Å²) in [6.45, 7) is 12.7. The summed E-state index contributed by atoms with van der Waals surface area (Å²) in [5.41, 5.74) is 7.20. The fraction of sp³-hybridized carbons (Fsp3) is 0.400. The molecule has 0 fully saturated rings. The van der Waals surface area contributed by atoms with Crippen molar-refractivity contribution in [2.45, 2.75) is 65.7 Å². The highest BCUT2D eigenvalue weighted by atomic mass is 19.1. The van der Waals surface area contributed by atoms with Gasteiger partial charge < -0.3 is 15.2 Å². The van der Waals surface area contributed by atoms with Crippen molar-refractivity contribution in [2.24, 2.45) is 0 Å². The molecule has 0 aliphatic carbocycles. The number of β-amino-alcohol motifs (C(OH)–C–C–N with tert-alkyl or cyclic N) is 1. The van der Waals surface area contributed by atoms with Crippen molar-refractivity contribution in [3.63, 3.8) is 0 Å². The van der Waals surface area contributed by atoms with Gasteiger partial charge in [-0.1, -0.05) is 65.7 Å². The zero-order valence-electron chi connectivity index (χ0n) is 21.3. The van der Waals surface area contributed by atoms with E-state index < -0.39 is 6.10 Å². The molecular weight excluding hydrogens is 425 g/mol. The first-order valence-electron chi connectivity index (χ1n) is 12.0. The van der Waals surface area contributed by atoms with Gasteiger partial charge in [0.2, 0.25) is 0 Å². The summed E-state index contributed by atoms with van der Waals surface area (Å²) in [7, 11) is 0. The Hall–Kier alpha value is -2.53. The monoisotopic (exact) mass is 463 g/mol. The van der Waals surface area contributed by atoms with Crippen LogP contribution in [0.4, 0.5) is 4.39 Å². The summed E-state index contributed by atoms with van der Waals surface area (Å²) >= 11 is 0. The summed E-state index contributed by atoms with van der Waals surface area (Å²) < 4.78 is 20.0. The number of hydrogen-bond donors (Lipinski definition) is 2. The number of aryl methyl sites for hydroxylation is 3. The lowest BCUT2D eigenvalue weighted by Gasteiger charge is -2.28. The molecule has 0 aliphatic rings. The van der Waals surface area contributed by atoms with Crippen LogP contribution in [0.1, 0.15) is 54.7 Å². The summed E-state index contributed by atoms with van der Waals surface area (Å²) in [6, 6.07) is 20.2. The van der Waals surface area contributed by atoms with Crippen LogP contribution in [0.2, 0.25) is 0 Å². The third kappa shape index (κ3) is 7.23. The third-order valence-corrected chi connectivity index (χ3v) is 6.17. The summed E-state index contributed by atoms with van der Waals surface area (Å²) in [6.07, 6.45) is -0.141. The lowest BCUT2D eigenvalue weighted by Crippen LogP contribution is -2.46. The molecule has 34 heavy (non-hydrogen) atoms. The van der Waals surface area contributed by atoms with E-state index in [0.29, 0.717) is 18.5 Å². The zero-order valence-corrected chi connectivity index (χ0v) is 21.3. The van der Waals surface area contributed by atoms with E-state index in [0.717, 1.165) is 16.7 Å². The molecule has 0 bridgehead atoms. The lowest BCUT2D eigenvalue weighted by molar-refractivity contribution is -0.00397. The van der Waals surface area contributed by atoms with Gasteiger partial charge in [0.25, 0.3) is 0 Å².